The number of nitrogens with zero attached hydrogens (tertiary/aromatic N) is 4. The molecule has 0 N–H and O–H groups in total. The lowest BCUT2D eigenvalue weighted by Gasteiger charge is -2.91. The molecule has 0 fully saturated rings. The van der Waals surface area contributed by atoms with Gasteiger partial charge in [0.2, 0.25) is 0 Å². The van der Waals surface area contributed by atoms with Crippen molar-refractivity contribution in [3.8, 4) is 0 Å². The minimum Gasteiger partial charge on any atom is -0.703 e. The number of aryl methyl sites for hydroxylation is 6. The summed E-state index contributed by atoms with van der Waals surface area (Å²) < 4.78 is 6.03. The fraction of sp³-hybridized carbons (Fsp3) is 0.571. The predicted molar refractivity (Wildman–Crippen MR) is 181 cm³/mol. The van der Waals surface area contributed by atoms with Crippen molar-refractivity contribution < 1.29 is 8.78 Å². The van der Waals surface area contributed by atoms with Crippen LogP contribution in [0.15, 0.2) is 24.3 Å². The van der Waals surface area contributed by atoms with E-state index in [2.05, 4.69) is 152 Å². The molecule has 0 amide bonds. The Morgan fingerprint density at radius 2 is 0.763 bits per heavy atom. The van der Waals surface area contributed by atoms with Crippen molar-refractivity contribution in [3.05, 3.63) is 57.6 Å². The zero-order valence-corrected chi connectivity index (χ0v) is 29.1. The lowest BCUT2D eigenvalue weighted by Crippen LogP contribution is -3.03. The van der Waals surface area contributed by atoms with Crippen molar-refractivity contribution in [1.29, 1.82) is 0 Å². The van der Waals surface area contributed by atoms with Crippen LogP contribution in [0.5, 0.6) is 0 Å². The maximum absolute atomic E-state index is 3.02. The van der Waals surface area contributed by atoms with Crippen molar-refractivity contribution in [2.45, 2.75) is 41.5 Å². The number of benzene rings is 2. The second-order valence-electron chi connectivity index (χ2n) is 15.1. The number of fused-ring (bicyclic) bond motifs is 1. The average molecular weight is 550 g/mol. The third-order valence-electron chi connectivity index (χ3n) is 10.4. The van der Waals surface area contributed by atoms with E-state index < -0.39 is 25.8 Å². The van der Waals surface area contributed by atoms with E-state index in [4.69, 9.17) is 0 Å². The fourth-order valence-electron chi connectivity index (χ4n) is 10.1. The second-order valence-corrected chi connectivity index (χ2v) is 25.2. The molecule has 0 radical (unpaired) electrons. The van der Waals surface area contributed by atoms with Crippen LogP contribution < -0.4 is 0 Å². The Kier molecular flexibility index (Phi) is 7.15. The topological polar surface area (TPSA) is 12.5 Å². The van der Waals surface area contributed by atoms with Gasteiger partial charge >= 0.3 is 0 Å². The molecule has 2 heterocycles. The molecular formula is C28H52B4N4P2. The smallest absolute Gasteiger partial charge is 0.146 e. The molecule has 4 rings (SSSR count). The van der Waals surface area contributed by atoms with E-state index in [0.29, 0.717) is 13.1 Å². The molecule has 0 saturated heterocycles. The first-order chi connectivity index (χ1) is 17.3. The second kappa shape index (κ2) is 9.14. The van der Waals surface area contributed by atoms with Crippen LogP contribution in [0.1, 0.15) is 33.4 Å². The largest absolute Gasteiger partial charge is 0.703 e. The lowest BCUT2D eigenvalue weighted by atomic mass is 8.79. The van der Waals surface area contributed by atoms with E-state index in [1.54, 1.807) is 0 Å². The minimum atomic E-state index is -1.39. The SMILES string of the molecule is Cc1cc(C)c([N+]2=[B-](N(C)C)[B-]3([P+](C)(C)C)[N+](c4c(C)cc(C)cc4C)=[B-](N(C)C)[B-]23[P+](C)(C)C)c(C)c1. The third-order valence-corrected chi connectivity index (χ3v) is 17.5. The molecule has 38 heavy (non-hydrogen) atoms. The van der Waals surface area contributed by atoms with Crippen molar-refractivity contribution in [2.75, 3.05) is 68.2 Å². The first kappa shape index (κ1) is 29.7. The summed E-state index contributed by atoms with van der Waals surface area (Å²) in [4.78, 5) is 5.16. The Bertz CT molecular complexity index is 1270. The van der Waals surface area contributed by atoms with Gasteiger partial charge in [-0.1, -0.05) is 35.4 Å². The Morgan fingerprint density at radius 1 is 0.526 bits per heavy atom. The van der Waals surface area contributed by atoms with Gasteiger partial charge in [0.05, 0.1) is 0 Å². The Hall–Kier alpha value is -1.24. The molecule has 2 aromatic carbocycles. The van der Waals surface area contributed by atoms with Crippen molar-refractivity contribution in [3.63, 3.8) is 0 Å². The van der Waals surface area contributed by atoms with Crippen LogP contribution in [0.2, 0.25) is 0 Å². The Labute approximate surface area is 235 Å². The van der Waals surface area contributed by atoms with Crippen LogP contribution in [0, 0.1) is 41.5 Å². The quantitative estimate of drug-likeness (QED) is 0.318. The number of hydrogen-bond donors (Lipinski definition) is 0. The highest BCUT2D eigenvalue weighted by molar-refractivity contribution is 8.42. The molecular weight excluding hydrogens is 498 g/mol. The summed E-state index contributed by atoms with van der Waals surface area (Å²) in [5.41, 5.74) is 11.4. The van der Waals surface area contributed by atoms with E-state index >= 15 is 0 Å². The summed E-state index contributed by atoms with van der Waals surface area (Å²) in [6.45, 7) is 30.5. The fourth-order valence-corrected chi connectivity index (χ4v) is 20.1. The Balaban J connectivity index is 2.32. The average Bonchev–Trinajstić information content (AvgIpc) is 2.67. The van der Waals surface area contributed by atoms with Crippen LogP contribution in [0.4, 0.5) is 11.4 Å². The highest BCUT2D eigenvalue weighted by atomic mass is 31.2. The molecule has 2 aliphatic heterocycles. The third kappa shape index (κ3) is 3.54. The molecule has 2 aliphatic rings. The van der Waals surface area contributed by atoms with Gasteiger partial charge < -0.3 is 18.4 Å². The summed E-state index contributed by atoms with van der Waals surface area (Å²) in [6, 6.07) is 9.64. The van der Waals surface area contributed by atoms with Crippen molar-refractivity contribution in [1.82, 2.24) is 9.62 Å². The molecule has 10 heteroatoms. The van der Waals surface area contributed by atoms with Gasteiger partial charge in [-0.3, -0.25) is 0 Å². The normalized spacial score (nSPS) is 23.3. The summed E-state index contributed by atoms with van der Waals surface area (Å²) in [7, 11) is 6.59. The zero-order valence-electron chi connectivity index (χ0n) is 27.3. The summed E-state index contributed by atoms with van der Waals surface area (Å²) in [5, 5.41) is 0. The zero-order chi connectivity index (χ0) is 28.9. The van der Waals surface area contributed by atoms with Crippen LogP contribution in [0.25, 0.3) is 0 Å². The van der Waals surface area contributed by atoms with Crippen molar-refractivity contribution in [2.24, 2.45) is 0 Å². The van der Waals surface area contributed by atoms with Gasteiger partial charge in [-0.2, -0.15) is 14.3 Å². The molecule has 2 unspecified atom stereocenters. The molecule has 0 bridgehead atoms. The van der Waals surface area contributed by atoms with Gasteiger partial charge in [0.1, 0.15) is 24.6 Å². The summed E-state index contributed by atoms with van der Waals surface area (Å²) >= 11 is 0. The van der Waals surface area contributed by atoms with E-state index in [9.17, 15) is 0 Å². The van der Waals surface area contributed by atoms with Gasteiger partial charge in [0, 0.05) is 79.6 Å². The summed E-state index contributed by atoms with van der Waals surface area (Å²) in [5.74, 6) is -1.80. The molecule has 206 valence electrons. The molecule has 0 saturated carbocycles. The van der Waals surface area contributed by atoms with Crippen molar-refractivity contribution >= 4 is 50.3 Å². The van der Waals surface area contributed by atoms with Crippen LogP contribution in [0.3, 0.4) is 0 Å². The van der Waals surface area contributed by atoms with E-state index in [1.807, 2.05) is 0 Å². The molecule has 0 aliphatic carbocycles. The monoisotopic (exact) mass is 550 g/mol. The van der Waals surface area contributed by atoms with E-state index in [1.165, 1.54) is 44.8 Å². The van der Waals surface area contributed by atoms with Gasteiger partial charge in [-0.15, -0.1) is 0 Å². The van der Waals surface area contributed by atoms with E-state index in [-0.39, 0.29) is 0 Å². The van der Waals surface area contributed by atoms with E-state index in [0.717, 1.165) is 0 Å². The van der Waals surface area contributed by atoms with Gasteiger partial charge in [0.25, 0.3) is 0 Å². The molecule has 2 aromatic rings. The van der Waals surface area contributed by atoms with Gasteiger partial charge in [0.15, 0.2) is 0 Å². The van der Waals surface area contributed by atoms with Gasteiger partial charge in [-0.05, 0) is 63.8 Å². The Morgan fingerprint density at radius 3 is 0.947 bits per heavy atom. The number of hydrogen-bond acceptors (Lipinski definition) is 2. The first-order valence-corrected chi connectivity index (χ1v) is 20.7. The predicted octanol–water partition coefficient (Wildman–Crippen LogP) is 6.12. The van der Waals surface area contributed by atoms with Crippen LogP contribution in [-0.4, -0.2) is 111 Å². The van der Waals surface area contributed by atoms with Gasteiger partial charge in [-0.25, -0.2) is 0 Å². The molecule has 2 atom stereocenters. The number of rotatable bonds is 6. The van der Waals surface area contributed by atoms with Crippen LogP contribution in [-0.2, 0) is 0 Å². The molecule has 0 aromatic heterocycles. The highest BCUT2D eigenvalue weighted by Gasteiger charge is 2.77. The first-order valence-electron chi connectivity index (χ1n) is 14.3. The van der Waals surface area contributed by atoms with Crippen LogP contribution >= 0.6 is 14.3 Å². The molecule has 4 nitrogen and oxygen atoms in total. The summed E-state index contributed by atoms with van der Waals surface area (Å²) in [6.07, 6.45) is 0. The maximum atomic E-state index is 3.02. The lowest BCUT2D eigenvalue weighted by molar-refractivity contribution is -0.348. The minimum absolute atomic E-state index is 0.374. The maximum Gasteiger partial charge on any atom is 0.146 e. The molecule has 0 spiro atoms. The standard InChI is InChI=1S/C28H52B4N4P2/c1-21-17-23(3)27(24(4)18-21)35-29(33(7)8)32(38(14,15)16)31(35,37(11,12)13)30(34(9)10)36(32)28-25(5)19-22(2)20-26(28)6/h17-20H,1-16H3. The highest BCUT2D eigenvalue weighted by Crippen LogP contribution is 2.79.